The lowest BCUT2D eigenvalue weighted by Crippen LogP contribution is -1.98. The van der Waals surface area contributed by atoms with E-state index in [9.17, 15) is 8.78 Å². The molecule has 0 radical (unpaired) electrons. The van der Waals surface area contributed by atoms with Gasteiger partial charge >= 0.3 is 0 Å². The Bertz CT molecular complexity index is 777. The van der Waals surface area contributed by atoms with Crippen molar-refractivity contribution in [3.8, 4) is 22.5 Å². The quantitative estimate of drug-likeness (QED) is 0.788. The number of benzene rings is 1. The molecule has 0 atom stereocenters. The zero-order valence-corrected chi connectivity index (χ0v) is 11.2. The van der Waals surface area contributed by atoms with Gasteiger partial charge in [-0.2, -0.15) is 5.10 Å². The van der Waals surface area contributed by atoms with E-state index in [2.05, 4.69) is 10.1 Å². The molecule has 0 unspecified atom stereocenters. The molecule has 0 bridgehead atoms. The lowest BCUT2D eigenvalue weighted by atomic mass is 10.0. The molecule has 2 aromatic heterocycles. The fraction of sp³-hybridized carbons (Fsp3) is 0.0667. The van der Waals surface area contributed by atoms with Crippen LogP contribution in [0.3, 0.4) is 0 Å². The van der Waals surface area contributed by atoms with Gasteiger partial charge in [0, 0.05) is 19.3 Å². The van der Waals surface area contributed by atoms with E-state index in [1.807, 2.05) is 6.07 Å². The fourth-order valence-electron chi connectivity index (χ4n) is 2.20. The summed E-state index contributed by atoms with van der Waals surface area (Å²) in [4.78, 5) is 4.22. The van der Waals surface area contributed by atoms with Crippen LogP contribution in [0.4, 0.5) is 14.6 Å². The standard InChI is InChI=1S/C15H12F2N4/c1-21-15(18)13(9-6-10(16)8-11(17)7-9)14(20-21)12-4-2-3-5-19-12/h2-8H,18H2,1H3. The molecule has 0 aliphatic heterocycles. The second-order valence-corrected chi connectivity index (χ2v) is 4.61. The first-order chi connectivity index (χ1) is 10.1. The van der Waals surface area contributed by atoms with Crippen molar-refractivity contribution in [1.29, 1.82) is 0 Å². The molecule has 0 aliphatic carbocycles. The van der Waals surface area contributed by atoms with Crippen LogP contribution in [0, 0.1) is 11.6 Å². The molecule has 1 aromatic carbocycles. The van der Waals surface area contributed by atoms with Gasteiger partial charge in [0.1, 0.15) is 23.1 Å². The number of pyridine rings is 1. The summed E-state index contributed by atoms with van der Waals surface area (Å²) < 4.78 is 28.4. The number of hydrogen-bond acceptors (Lipinski definition) is 3. The zero-order valence-electron chi connectivity index (χ0n) is 11.2. The molecule has 0 spiro atoms. The van der Waals surface area contributed by atoms with Crippen molar-refractivity contribution in [2.75, 3.05) is 5.73 Å². The third-order valence-corrected chi connectivity index (χ3v) is 3.15. The molecular weight excluding hydrogens is 274 g/mol. The number of aryl methyl sites for hydroxylation is 1. The lowest BCUT2D eigenvalue weighted by molar-refractivity contribution is 0.584. The van der Waals surface area contributed by atoms with Crippen molar-refractivity contribution in [2.45, 2.75) is 0 Å². The Labute approximate surface area is 119 Å². The summed E-state index contributed by atoms with van der Waals surface area (Å²) >= 11 is 0. The molecule has 0 saturated heterocycles. The molecule has 2 N–H and O–H groups in total. The highest BCUT2D eigenvalue weighted by atomic mass is 19.1. The van der Waals surface area contributed by atoms with E-state index in [4.69, 9.17) is 5.73 Å². The predicted molar refractivity (Wildman–Crippen MR) is 76.2 cm³/mol. The first kappa shape index (κ1) is 13.2. The second-order valence-electron chi connectivity index (χ2n) is 4.61. The molecule has 4 nitrogen and oxygen atoms in total. The number of nitrogens with two attached hydrogens (primary N) is 1. The zero-order chi connectivity index (χ0) is 15.0. The lowest BCUT2D eigenvalue weighted by Gasteiger charge is -2.04. The molecule has 6 heteroatoms. The van der Waals surface area contributed by atoms with E-state index >= 15 is 0 Å². The van der Waals surface area contributed by atoms with Gasteiger partial charge in [-0.3, -0.25) is 9.67 Å². The molecule has 106 valence electrons. The van der Waals surface area contributed by atoms with Gasteiger partial charge in [-0.15, -0.1) is 0 Å². The van der Waals surface area contributed by atoms with Crippen LogP contribution in [0.1, 0.15) is 0 Å². The van der Waals surface area contributed by atoms with Crippen molar-refractivity contribution >= 4 is 5.82 Å². The molecular formula is C15H12F2N4. The Hall–Kier alpha value is -2.76. The van der Waals surface area contributed by atoms with E-state index < -0.39 is 11.6 Å². The number of rotatable bonds is 2. The number of anilines is 1. The summed E-state index contributed by atoms with van der Waals surface area (Å²) in [5, 5.41) is 4.30. The van der Waals surface area contributed by atoms with Crippen molar-refractivity contribution in [3.05, 3.63) is 54.2 Å². The molecule has 0 amide bonds. The van der Waals surface area contributed by atoms with Crippen LogP contribution in [0.5, 0.6) is 0 Å². The topological polar surface area (TPSA) is 56.7 Å². The summed E-state index contributed by atoms with van der Waals surface area (Å²) in [6.07, 6.45) is 1.62. The summed E-state index contributed by atoms with van der Waals surface area (Å²) in [6.45, 7) is 0. The first-order valence-corrected chi connectivity index (χ1v) is 6.26. The minimum atomic E-state index is -0.666. The molecule has 0 saturated carbocycles. The Balaban J connectivity index is 2.27. The second kappa shape index (κ2) is 4.97. The van der Waals surface area contributed by atoms with Crippen LogP contribution < -0.4 is 5.73 Å². The minimum absolute atomic E-state index is 0.320. The molecule has 0 aliphatic rings. The third-order valence-electron chi connectivity index (χ3n) is 3.15. The highest BCUT2D eigenvalue weighted by molar-refractivity contribution is 5.87. The Morgan fingerprint density at radius 3 is 2.43 bits per heavy atom. The van der Waals surface area contributed by atoms with Gasteiger partial charge in [-0.1, -0.05) is 6.07 Å². The molecule has 3 rings (SSSR count). The van der Waals surface area contributed by atoms with Crippen LogP contribution in [-0.2, 0) is 7.05 Å². The monoisotopic (exact) mass is 286 g/mol. The molecule has 2 heterocycles. The van der Waals surface area contributed by atoms with Gasteiger partial charge in [-0.25, -0.2) is 8.78 Å². The Morgan fingerprint density at radius 1 is 1.10 bits per heavy atom. The van der Waals surface area contributed by atoms with E-state index in [1.54, 1.807) is 25.4 Å². The predicted octanol–water partition coefficient (Wildman–Crippen LogP) is 3.01. The van der Waals surface area contributed by atoms with Gasteiger partial charge in [0.25, 0.3) is 0 Å². The third kappa shape index (κ3) is 2.35. The highest BCUT2D eigenvalue weighted by Gasteiger charge is 2.19. The minimum Gasteiger partial charge on any atom is -0.383 e. The molecule has 0 fully saturated rings. The van der Waals surface area contributed by atoms with Gasteiger partial charge in [0.15, 0.2) is 0 Å². The fourth-order valence-corrected chi connectivity index (χ4v) is 2.20. The number of halogens is 2. The maximum Gasteiger partial charge on any atom is 0.129 e. The maximum absolute atomic E-state index is 13.5. The largest absolute Gasteiger partial charge is 0.383 e. The number of aromatic nitrogens is 3. The maximum atomic E-state index is 13.5. The van der Waals surface area contributed by atoms with Crippen molar-refractivity contribution in [2.24, 2.45) is 7.05 Å². The number of hydrogen-bond donors (Lipinski definition) is 1. The Morgan fingerprint density at radius 2 is 1.81 bits per heavy atom. The average molecular weight is 286 g/mol. The van der Waals surface area contributed by atoms with Crippen LogP contribution in [0.2, 0.25) is 0 Å². The van der Waals surface area contributed by atoms with E-state index in [0.717, 1.165) is 6.07 Å². The van der Waals surface area contributed by atoms with Crippen LogP contribution in [0.15, 0.2) is 42.6 Å². The summed E-state index contributed by atoms with van der Waals surface area (Å²) in [5.74, 6) is -1.01. The van der Waals surface area contributed by atoms with Crippen molar-refractivity contribution < 1.29 is 8.78 Å². The first-order valence-electron chi connectivity index (χ1n) is 6.26. The molecule has 21 heavy (non-hydrogen) atoms. The highest BCUT2D eigenvalue weighted by Crippen LogP contribution is 2.35. The average Bonchev–Trinajstić information content (AvgIpc) is 2.75. The SMILES string of the molecule is Cn1nc(-c2ccccn2)c(-c2cc(F)cc(F)c2)c1N. The van der Waals surface area contributed by atoms with Gasteiger partial charge in [0.2, 0.25) is 0 Å². The van der Waals surface area contributed by atoms with Gasteiger partial charge < -0.3 is 5.73 Å². The van der Waals surface area contributed by atoms with Gasteiger partial charge in [-0.05, 0) is 29.8 Å². The number of nitrogen functional groups attached to an aromatic ring is 1. The van der Waals surface area contributed by atoms with E-state index in [1.165, 1.54) is 16.8 Å². The summed E-state index contributed by atoms with van der Waals surface area (Å²) in [7, 11) is 1.67. The molecule has 3 aromatic rings. The van der Waals surface area contributed by atoms with Crippen LogP contribution in [0.25, 0.3) is 22.5 Å². The van der Waals surface area contributed by atoms with E-state index in [-0.39, 0.29) is 0 Å². The normalized spacial score (nSPS) is 10.8. The van der Waals surface area contributed by atoms with Crippen LogP contribution >= 0.6 is 0 Å². The Kier molecular flexibility index (Phi) is 3.13. The van der Waals surface area contributed by atoms with Crippen LogP contribution in [-0.4, -0.2) is 14.8 Å². The van der Waals surface area contributed by atoms with Crippen molar-refractivity contribution in [3.63, 3.8) is 0 Å². The summed E-state index contributed by atoms with van der Waals surface area (Å²) in [6, 6.07) is 8.61. The number of nitrogens with zero attached hydrogens (tertiary/aromatic N) is 3. The smallest absolute Gasteiger partial charge is 0.129 e. The van der Waals surface area contributed by atoms with Crippen molar-refractivity contribution in [1.82, 2.24) is 14.8 Å². The summed E-state index contributed by atoms with van der Waals surface area (Å²) in [5.41, 5.74) is 7.87. The van der Waals surface area contributed by atoms with E-state index in [0.29, 0.717) is 28.3 Å². The van der Waals surface area contributed by atoms with Gasteiger partial charge in [0.05, 0.1) is 11.3 Å².